The molecule has 52 heavy (non-hydrogen) atoms. The van der Waals surface area contributed by atoms with Gasteiger partial charge in [0.1, 0.15) is 5.76 Å². The third-order valence-electron chi connectivity index (χ3n) is 8.91. The van der Waals surface area contributed by atoms with Gasteiger partial charge in [0.15, 0.2) is 23.0 Å². The van der Waals surface area contributed by atoms with Crippen LogP contribution in [0.3, 0.4) is 0 Å². The van der Waals surface area contributed by atoms with Crippen LogP contribution in [0.2, 0.25) is 0 Å². The highest BCUT2D eigenvalue weighted by molar-refractivity contribution is 6.03. The van der Waals surface area contributed by atoms with E-state index in [0.717, 1.165) is 23.4 Å². The molecule has 12 heteroatoms. The number of amides is 2. The maximum Gasteiger partial charge on any atom is 0.338 e. The number of aliphatic hydroxyl groups is 1. The average molecular weight is 705 g/mol. The number of carboxylic acids is 1. The Kier molecular flexibility index (Phi) is 10.5. The first-order valence-electron chi connectivity index (χ1n) is 16.5. The Balaban J connectivity index is 1.40. The lowest BCUT2D eigenvalue weighted by Gasteiger charge is -2.35. The zero-order valence-corrected chi connectivity index (χ0v) is 28.4. The Bertz CT molecular complexity index is 2160. The summed E-state index contributed by atoms with van der Waals surface area (Å²) in [5.41, 5.74) is 1.35. The number of aliphatic hydroxyl groups excluding tert-OH is 1. The summed E-state index contributed by atoms with van der Waals surface area (Å²) in [6, 6.07) is 30.2. The first-order chi connectivity index (χ1) is 25.1. The van der Waals surface area contributed by atoms with E-state index < -0.39 is 53.5 Å². The third-order valence-corrected chi connectivity index (χ3v) is 8.91. The lowest BCUT2D eigenvalue weighted by Crippen LogP contribution is -2.43. The molecule has 0 fully saturated rings. The van der Waals surface area contributed by atoms with Crippen LogP contribution in [0.5, 0.6) is 11.5 Å². The topological polar surface area (TPSA) is 165 Å². The molecule has 2 atom stereocenters. The smallest absolute Gasteiger partial charge is 0.338 e. The number of furan rings is 1. The van der Waals surface area contributed by atoms with Crippen molar-refractivity contribution in [2.24, 2.45) is 0 Å². The summed E-state index contributed by atoms with van der Waals surface area (Å²) in [4.78, 5) is 53.1. The number of carbonyl (C=O) groups is 4. The van der Waals surface area contributed by atoms with E-state index in [2.05, 4.69) is 5.32 Å². The zero-order valence-electron chi connectivity index (χ0n) is 28.4. The van der Waals surface area contributed by atoms with Crippen LogP contribution in [0.25, 0.3) is 10.8 Å². The van der Waals surface area contributed by atoms with Gasteiger partial charge in [0.2, 0.25) is 6.79 Å². The van der Waals surface area contributed by atoms with Gasteiger partial charge in [-0.3, -0.25) is 14.4 Å². The monoisotopic (exact) mass is 704 g/mol. The van der Waals surface area contributed by atoms with Crippen LogP contribution in [0.15, 0.2) is 119 Å². The number of nitrogens with one attached hydrogen (secondary N) is 1. The fourth-order valence-corrected chi connectivity index (χ4v) is 6.20. The molecule has 1 aromatic heterocycles. The van der Waals surface area contributed by atoms with Crippen LogP contribution in [-0.2, 0) is 32.1 Å². The van der Waals surface area contributed by atoms with Crippen molar-refractivity contribution in [2.75, 3.05) is 19.2 Å². The first kappa shape index (κ1) is 35.3. The molecule has 4 aromatic carbocycles. The molecule has 266 valence electrons. The number of rotatable bonds is 13. The van der Waals surface area contributed by atoms with E-state index in [1.807, 2.05) is 54.6 Å². The van der Waals surface area contributed by atoms with Gasteiger partial charge in [-0.1, -0.05) is 60.7 Å². The molecule has 0 saturated carbocycles. The Hall–Kier alpha value is -6.56. The Labute approximate surface area is 298 Å². The minimum atomic E-state index is -1.43. The first-order valence-corrected chi connectivity index (χ1v) is 16.5. The SMILES string of the molecule is COC(=O)C(CC(=O)O)=C(O)C(=O)N(Cc1ccc2ccccc2c1)C(C)C(Cc1ccc(C(=O)Nc2ccccc2)o1)c1ccc2c(c1)OCO2. The molecule has 1 aliphatic heterocycles. The molecule has 0 radical (unpaired) electrons. The highest BCUT2D eigenvalue weighted by atomic mass is 16.7. The second kappa shape index (κ2) is 15.5. The van der Waals surface area contributed by atoms with Crippen LogP contribution in [-0.4, -0.2) is 58.8 Å². The Morgan fingerprint density at radius 1 is 0.846 bits per heavy atom. The number of fused-ring (bicyclic) bond motifs is 2. The number of ether oxygens (including phenoxy) is 3. The van der Waals surface area contributed by atoms with Gasteiger partial charge >= 0.3 is 11.9 Å². The number of anilines is 1. The number of nitrogens with zero attached hydrogens (tertiary/aromatic N) is 1. The van der Waals surface area contributed by atoms with E-state index in [-0.39, 0.29) is 25.5 Å². The van der Waals surface area contributed by atoms with Gasteiger partial charge in [-0.25, -0.2) is 4.79 Å². The van der Waals surface area contributed by atoms with Crippen LogP contribution in [0, 0.1) is 0 Å². The van der Waals surface area contributed by atoms with Crippen LogP contribution in [0.4, 0.5) is 5.69 Å². The van der Waals surface area contributed by atoms with Gasteiger partial charge in [0.25, 0.3) is 11.8 Å². The van der Waals surface area contributed by atoms with Crippen LogP contribution >= 0.6 is 0 Å². The lowest BCUT2D eigenvalue weighted by atomic mass is 9.86. The van der Waals surface area contributed by atoms with Crippen molar-refractivity contribution in [1.82, 2.24) is 4.90 Å². The molecule has 3 N–H and O–H groups in total. The predicted octanol–water partition coefficient (Wildman–Crippen LogP) is 6.62. The highest BCUT2D eigenvalue weighted by Gasteiger charge is 2.35. The van der Waals surface area contributed by atoms with E-state index in [4.69, 9.17) is 18.6 Å². The maximum absolute atomic E-state index is 14.3. The summed E-state index contributed by atoms with van der Waals surface area (Å²) in [6.45, 7) is 1.80. The van der Waals surface area contributed by atoms with Crippen LogP contribution in [0.1, 0.15) is 46.7 Å². The fourth-order valence-electron chi connectivity index (χ4n) is 6.20. The largest absolute Gasteiger partial charge is 0.503 e. The van der Waals surface area contributed by atoms with Gasteiger partial charge in [-0.05, 0) is 71.3 Å². The number of carbonyl (C=O) groups excluding carboxylic acids is 3. The normalized spacial score (nSPS) is 13.5. The van der Waals surface area contributed by atoms with Gasteiger partial charge in [-0.15, -0.1) is 0 Å². The molecular formula is C40H36N2O10. The standard InChI is InChI=1S/C40H36N2O10/c1-24(42(22-25-12-13-26-8-6-7-9-27(26)18-25)39(47)37(45)32(21-36(43)44)40(48)49-2)31(28-14-16-33-35(19-28)51-23-50-33)20-30-15-17-34(52-30)38(46)41-29-10-4-3-5-11-29/h3-19,24,31,45H,20-23H2,1-2H3,(H,41,46)(H,43,44). The maximum atomic E-state index is 14.3. The molecule has 2 amide bonds. The minimum absolute atomic E-state index is 0.0274. The number of carboxylic acid groups (broad SMARTS) is 1. The van der Waals surface area contributed by atoms with Crippen molar-refractivity contribution in [3.8, 4) is 11.5 Å². The molecule has 5 aromatic rings. The van der Waals surface area contributed by atoms with Crippen molar-refractivity contribution in [3.63, 3.8) is 0 Å². The molecule has 0 saturated heterocycles. The summed E-state index contributed by atoms with van der Waals surface area (Å²) < 4.78 is 22.0. The number of hydrogen-bond donors (Lipinski definition) is 3. The second-order valence-electron chi connectivity index (χ2n) is 12.3. The number of esters is 1. The average Bonchev–Trinajstić information content (AvgIpc) is 3.84. The highest BCUT2D eigenvalue weighted by Crippen LogP contribution is 2.38. The fraction of sp³-hybridized carbons (Fsp3) is 0.200. The molecule has 2 heterocycles. The molecule has 2 unspecified atom stereocenters. The van der Waals surface area contributed by atoms with Gasteiger partial charge < -0.3 is 39.1 Å². The molecule has 1 aliphatic rings. The molecule has 0 aliphatic carbocycles. The molecule has 12 nitrogen and oxygen atoms in total. The summed E-state index contributed by atoms with van der Waals surface area (Å²) in [6.07, 6.45) is -0.751. The summed E-state index contributed by atoms with van der Waals surface area (Å²) in [5.74, 6) is -4.02. The van der Waals surface area contributed by atoms with Crippen molar-refractivity contribution in [3.05, 3.63) is 137 Å². The summed E-state index contributed by atoms with van der Waals surface area (Å²) >= 11 is 0. The lowest BCUT2D eigenvalue weighted by molar-refractivity contribution is -0.142. The number of methoxy groups -OCH3 is 1. The van der Waals surface area contributed by atoms with Crippen molar-refractivity contribution >= 4 is 40.2 Å². The van der Waals surface area contributed by atoms with E-state index in [1.54, 1.807) is 55.5 Å². The number of para-hydroxylation sites is 1. The van der Waals surface area contributed by atoms with Crippen molar-refractivity contribution in [1.29, 1.82) is 0 Å². The van der Waals surface area contributed by atoms with Crippen molar-refractivity contribution < 1.29 is 48.0 Å². The molecular weight excluding hydrogens is 668 g/mol. The minimum Gasteiger partial charge on any atom is -0.503 e. The van der Waals surface area contributed by atoms with Crippen LogP contribution < -0.4 is 14.8 Å². The van der Waals surface area contributed by atoms with Crippen molar-refractivity contribution in [2.45, 2.75) is 38.3 Å². The number of benzene rings is 4. The number of hydrogen-bond acceptors (Lipinski definition) is 9. The Morgan fingerprint density at radius 3 is 2.33 bits per heavy atom. The Morgan fingerprint density at radius 2 is 1.58 bits per heavy atom. The second-order valence-corrected chi connectivity index (χ2v) is 12.3. The van der Waals surface area contributed by atoms with Gasteiger partial charge in [-0.2, -0.15) is 0 Å². The third kappa shape index (κ3) is 7.91. The quantitative estimate of drug-likeness (QED) is 0.0689. The van der Waals surface area contributed by atoms with Gasteiger partial charge in [0, 0.05) is 30.6 Å². The van der Waals surface area contributed by atoms with E-state index in [1.165, 1.54) is 4.90 Å². The van der Waals surface area contributed by atoms with E-state index >= 15 is 0 Å². The summed E-state index contributed by atoms with van der Waals surface area (Å²) in [7, 11) is 1.03. The number of aliphatic carboxylic acids is 1. The van der Waals surface area contributed by atoms with E-state index in [0.29, 0.717) is 28.5 Å². The van der Waals surface area contributed by atoms with E-state index in [9.17, 15) is 29.4 Å². The molecule has 0 spiro atoms. The zero-order chi connectivity index (χ0) is 36.8. The van der Waals surface area contributed by atoms with Gasteiger partial charge in [0.05, 0.1) is 19.1 Å². The molecule has 0 bridgehead atoms. The molecule has 6 rings (SSSR count). The predicted molar refractivity (Wildman–Crippen MR) is 190 cm³/mol. The summed E-state index contributed by atoms with van der Waals surface area (Å²) in [5, 5.41) is 25.5.